The number of carbonyl (C=O) groups is 1. The first kappa shape index (κ1) is 11.8. The number of hydrazine groups is 1. The van der Waals surface area contributed by atoms with Crippen molar-refractivity contribution in [1.82, 2.24) is 10.3 Å². The van der Waals surface area contributed by atoms with Gasteiger partial charge in [-0.1, -0.05) is 6.92 Å². The Kier molecular flexibility index (Phi) is 3.23. The van der Waals surface area contributed by atoms with E-state index in [4.69, 9.17) is 5.84 Å². The lowest BCUT2D eigenvalue weighted by molar-refractivity contribution is 0.0892. The van der Waals surface area contributed by atoms with Crippen LogP contribution in [0.2, 0.25) is 0 Å². The second-order valence-corrected chi connectivity index (χ2v) is 4.41. The van der Waals surface area contributed by atoms with Crippen molar-refractivity contribution in [2.45, 2.75) is 25.8 Å². The largest absolute Gasteiger partial charge is 0.349 e. The summed E-state index contributed by atoms with van der Waals surface area (Å²) in [6.45, 7) is 2.12. The van der Waals surface area contributed by atoms with Crippen LogP contribution in [0.3, 0.4) is 0 Å². The Bertz CT molecular complexity index is 431. The fourth-order valence-electron chi connectivity index (χ4n) is 2.00. The number of hydrogen-bond donors (Lipinski definition) is 3. The molecule has 0 atom stereocenters. The van der Waals surface area contributed by atoms with Gasteiger partial charge in [-0.3, -0.25) is 4.79 Å². The molecule has 1 aliphatic carbocycles. The maximum absolute atomic E-state index is 13.7. The summed E-state index contributed by atoms with van der Waals surface area (Å²) in [6, 6.07) is 1.49. The molecule has 92 valence electrons. The third kappa shape index (κ3) is 2.36. The lowest BCUT2D eigenvalue weighted by Gasteiger charge is -2.33. The van der Waals surface area contributed by atoms with Gasteiger partial charge in [0.1, 0.15) is 0 Å². The van der Waals surface area contributed by atoms with E-state index < -0.39 is 11.7 Å². The van der Waals surface area contributed by atoms with E-state index in [9.17, 15) is 9.18 Å². The van der Waals surface area contributed by atoms with Crippen molar-refractivity contribution in [3.05, 3.63) is 23.6 Å². The average molecular weight is 238 g/mol. The molecule has 1 amide bonds. The Hall–Kier alpha value is -1.69. The lowest BCUT2D eigenvalue weighted by atomic mass is 9.82. The smallest absolute Gasteiger partial charge is 0.254 e. The van der Waals surface area contributed by atoms with Crippen LogP contribution in [0.15, 0.2) is 12.3 Å². The summed E-state index contributed by atoms with van der Waals surface area (Å²) in [6.07, 6.45) is 3.23. The summed E-state index contributed by atoms with van der Waals surface area (Å²) in [7, 11) is 0. The quantitative estimate of drug-likeness (QED) is 0.543. The second kappa shape index (κ2) is 4.67. The predicted molar refractivity (Wildman–Crippen MR) is 61.7 cm³/mol. The van der Waals surface area contributed by atoms with Gasteiger partial charge in [-0.25, -0.2) is 15.2 Å². The first-order valence-corrected chi connectivity index (χ1v) is 5.53. The van der Waals surface area contributed by atoms with Gasteiger partial charge in [0.15, 0.2) is 11.6 Å². The van der Waals surface area contributed by atoms with Gasteiger partial charge < -0.3 is 10.7 Å². The minimum absolute atomic E-state index is 0.0347. The number of halogens is 1. The highest BCUT2D eigenvalue weighted by atomic mass is 19.1. The number of rotatable bonds is 3. The van der Waals surface area contributed by atoms with Gasteiger partial charge in [0.25, 0.3) is 5.91 Å². The normalized spacial score (nSPS) is 22.8. The number of amides is 1. The summed E-state index contributed by atoms with van der Waals surface area (Å²) in [4.78, 5) is 15.5. The van der Waals surface area contributed by atoms with Gasteiger partial charge in [0.05, 0.1) is 5.56 Å². The molecule has 0 aliphatic heterocycles. The van der Waals surface area contributed by atoms with E-state index in [-0.39, 0.29) is 17.4 Å². The minimum Gasteiger partial charge on any atom is -0.349 e. The number of nitrogens with zero attached hydrogens (tertiary/aromatic N) is 1. The third-order valence-electron chi connectivity index (χ3n) is 2.98. The number of nitrogens with one attached hydrogen (secondary N) is 2. The van der Waals surface area contributed by atoms with Crippen LogP contribution in [0.4, 0.5) is 10.2 Å². The number of carbonyl (C=O) groups excluding carboxylic acids is 1. The monoisotopic (exact) mass is 238 g/mol. The van der Waals surface area contributed by atoms with E-state index in [1.165, 1.54) is 12.3 Å². The highest BCUT2D eigenvalue weighted by Gasteiger charge is 2.28. The number of nitrogens with two attached hydrogens (primary N) is 1. The molecule has 6 heteroatoms. The molecule has 0 aromatic carbocycles. The summed E-state index contributed by atoms with van der Waals surface area (Å²) >= 11 is 0. The van der Waals surface area contributed by atoms with Gasteiger partial charge in [-0.2, -0.15) is 0 Å². The number of pyridine rings is 1. The van der Waals surface area contributed by atoms with Crippen molar-refractivity contribution in [2.24, 2.45) is 11.8 Å². The molecule has 5 nitrogen and oxygen atoms in total. The molecule has 0 saturated heterocycles. The van der Waals surface area contributed by atoms with Crippen molar-refractivity contribution in [2.75, 3.05) is 5.43 Å². The number of anilines is 1. The molecule has 1 fully saturated rings. The maximum Gasteiger partial charge on any atom is 0.254 e. The predicted octanol–water partition coefficient (Wildman–Crippen LogP) is 1.03. The Balaban J connectivity index is 2.08. The molecular weight excluding hydrogens is 223 g/mol. The molecule has 0 radical (unpaired) electrons. The minimum atomic E-state index is -0.722. The highest BCUT2D eigenvalue weighted by Crippen LogP contribution is 2.26. The fraction of sp³-hybridized carbons (Fsp3) is 0.455. The Morgan fingerprint density at radius 1 is 1.59 bits per heavy atom. The molecule has 0 bridgehead atoms. The van der Waals surface area contributed by atoms with E-state index in [0.717, 1.165) is 12.8 Å². The van der Waals surface area contributed by atoms with E-state index in [2.05, 4.69) is 22.7 Å². The van der Waals surface area contributed by atoms with Crippen LogP contribution in [0.25, 0.3) is 0 Å². The van der Waals surface area contributed by atoms with Crippen LogP contribution in [0.1, 0.15) is 30.1 Å². The first-order valence-electron chi connectivity index (χ1n) is 5.53. The zero-order valence-corrected chi connectivity index (χ0v) is 9.53. The second-order valence-electron chi connectivity index (χ2n) is 4.41. The highest BCUT2D eigenvalue weighted by molar-refractivity contribution is 5.95. The molecule has 1 aromatic heterocycles. The lowest BCUT2D eigenvalue weighted by Crippen LogP contribution is -2.43. The number of hydrogen-bond acceptors (Lipinski definition) is 4. The van der Waals surface area contributed by atoms with E-state index in [1.54, 1.807) is 0 Å². The van der Waals surface area contributed by atoms with Gasteiger partial charge in [0.2, 0.25) is 0 Å². The summed E-state index contributed by atoms with van der Waals surface area (Å²) in [5.41, 5.74) is 2.08. The van der Waals surface area contributed by atoms with Gasteiger partial charge in [-0.15, -0.1) is 0 Å². The maximum atomic E-state index is 13.7. The third-order valence-corrected chi connectivity index (χ3v) is 2.98. The topological polar surface area (TPSA) is 80.0 Å². The molecule has 4 N–H and O–H groups in total. The Morgan fingerprint density at radius 3 is 2.88 bits per heavy atom. The van der Waals surface area contributed by atoms with Crippen LogP contribution in [-0.2, 0) is 0 Å². The molecule has 2 rings (SSSR count). The summed E-state index contributed by atoms with van der Waals surface area (Å²) in [5, 5.41) is 2.78. The molecule has 17 heavy (non-hydrogen) atoms. The van der Waals surface area contributed by atoms with Gasteiger partial charge in [0, 0.05) is 12.2 Å². The molecule has 0 spiro atoms. The molecule has 1 aliphatic rings. The SMILES string of the molecule is CC1CC(NC(=O)c2ccnc(NN)c2F)C1. The van der Waals surface area contributed by atoms with Crippen LogP contribution in [0.5, 0.6) is 0 Å². The number of aromatic nitrogens is 1. The van der Waals surface area contributed by atoms with E-state index in [1.807, 2.05) is 0 Å². The zero-order chi connectivity index (χ0) is 12.4. The number of nitrogen functional groups attached to an aromatic ring is 1. The zero-order valence-electron chi connectivity index (χ0n) is 9.53. The standard InChI is InChI=1S/C11H15FN4O/c1-6-4-7(5-6)15-11(17)8-2-3-14-10(16-13)9(8)12/h2-3,6-7H,4-5,13H2,1H3,(H,14,16)(H,15,17). The van der Waals surface area contributed by atoms with Crippen LogP contribution in [-0.4, -0.2) is 16.9 Å². The molecule has 1 saturated carbocycles. The Morgan fingerprint density at radius 2 is 2.29 bits per heavy atom. The summed E-state index contributed by atoms with van der Waals surface area (Å²) < 4.78 is 13.7. The van der Waals surface area contributed by atoms with E-state index >= 15 is 0 Å². The molecule has 1 aromatic rings. The average Bonchev–Trinajstić information content (AvgIpc) is 2.27. The molecule has 1 heterocycles. The Labute approximate surface area is 98.6 Å². The van der Waals surface area contributed by atoms with Crippen LogP contribution in [0, 0.1) is 11.7 Å². The summed E-state index contributed by atoms with van der Waals surface area (Å²) in [5.74, 6) is 4.45. The molecular formula is C11H15FN4O. The van der Waals surface area contributed by atoms with Crippen molar-refractivity contribution >= 4 is 11.7 Å². The fourth-order valence-corrected chi connectivity index (χ4v) is 2.00. The van der Waals surface area contributed by atoms with Crippen molar-refractivity contribution in [3.63, 3.8) is 0 Å². The van der Waals surface area contributed by atoms with Gasteiger partial charge in [-0.05, 0) is 24.8 Å². The van der Waals surface area contributed by atoms with Crippen molar-refractivity contribution in [3.8, 4) is 0 Å². The van der Waals surface area contributed by atoms with Gasteiger partial charge >= 0.3 is 0 Å². The molecule has 0 unspecified atom stereocenters. The van der Waals surface area contributed by atoms with E-state index in [0.29, 0.717) is 5.92 Å². The van der Waals surface area contributed by atoms with Crippen molar-refractivity contribution < 1.29 is 9.18 Å². The van der Waals surface area contributed by atoms with Crippen molar-refractivity contribution in [1.29, 1.82) is 0 Å². The van der Waals surface area contributed by atoms with Crippen LogP contribution < -0.4 is 16.6 Å². The van der Waals surface area contributed by atoms with Crippen LogP contribution >= 0.6 is 0 Å². The first-order chi connectivity index (χ1) is 8.11.